The van der Waals surface area contributed by atoms with Gasteiger partial charge in [0.1, 0.15) is 5.69 Å². The Hall–Kier alpha value is -1.33. The molecular weight excluding hydrogens is 246 g/mol. The monoisotopic (exact) mass is 265 g/mol. The normalized spacial score (nSPS) is 12.7. The fourth-order valence-corrected chi connectivity index (χ4v) is 3.01. The lowest BCUT2D eigenvalue weighted by Gasteiger charge is -2.19. The molecule has 98 valence electrons. The summed E-state index contributed by atoms with van der Waals surface area (Å²) < 4.78 is 7.29. The van der Waals surface area contributed by atoms with Gasteiger partial charge >= 0.3 is 0 Å². The first kappa shape index (κ1) is 13.1. The number of ether oxygens (including phenoxy) is 1. The van der Waals surface area contributed by atoms with E-state index in [9.17, 15) is 0 Å². The van der Waals surface area contributed by atoms with Gasteiger partial charge in [0.05, 0.1) is 19.3 Å². The highest BCUT2D eigenvalue weighted by molar-refractivity contribution is 7.08. The van der Waals surface area contributed by atoms with E-state index in [2.05, 4.69) is 35.0 Å². The molecule has 2 heterocycles. The van der Waals surface area contributed by atoms with Crippen molar-refractivity contribution in [3.05, 3.63) is 33.8 Å². The van der Waals surface area contributed by atoms with Crippen LogP contribution in [0.1, 0.15) is 29.8 Å². The number of hydrogen-bond acceptors (Lipinski definition) is 4. The van der Waals surface area contributed by atoms with Crippen LogP contribution in [0, 0.1) is 6.92 Å². The first-order chi connectivity index (χ1) is 8.69. The standard InChI is InChI=1S/C13H19N3OS/c1-5-14-12(10-8-18-7-9(10)2)13-11(17-4)6-15-16(13)3/h6-8,12,14H,5H2,1-4H3. The summed E-state index contributed by atoms with van der Waals surface area (Å²) in [5.41, 5.74) is 3.67. The molecule has 0 fully saturated rings. The SMILES string of the molecule is CCNC(c1cscc1C)c1c(OC)cnn1C. The Morgan fingerprint density at radius 1 is 1.50 bits per heavy atom. The van der Waals surface area contributed by atoms with Crippen molar-refractivity contribution in [3.63, 3.8) is 0 Å². The lowest BCUT2D eigenvalue weighted by molar-refractivity contribution is 0.401. The van der Waals surface area contributed by atoms with Crippen molar-refractivity contribution in [3.8, 4) is 5.75 Å². The third-order valence-electron chi connectivity index (χ3n) is 3.06. The molecule has 18 heavy (non-hydrogen) atoms. The van der Waals surface area contributed by atoms with Crippen molar-refractivity contribution < 1.29 is 4.74 Å². The predicted octanol–water partition coefficient (Wildman–Crippen LogP) is 2.50. The number of hydrogen-bond donors (Lipinski definition) is 1. The summed E-state index contributed by atoms with van der Waals surface area (Å²) in [5.74, 6) is 0.828. The predicted molar refractivity (Wildman–Crippen MR) is 74.3 cm³/mol. The van der Waals surface area contributed by atoms with Crippen LogP contribution >= 0.6 is 11.3 Å². The van der Waals surface area contributed by atoms with E-state index in [1.807, 2.05) is 11.7 Å². The lowest BCUT2D eigenvalue weighted by Crippen LogP contribution is -2.25. The van der Waals surface area contributed by atoms with Crippen LogP contribution in [0.5, 0.6) is 5.75 Å². The van der Waals surface area contributed by atoms with Crippen LogP contribution in [0.25, 0.3) is 0 Å². The van der Waals surface area contributed by atoms with Gasteiger partial charge in [0, 0.05) is 7.05 Å². The van der Waals surface area contributed by atoms with Gasteiger partial charge in [-0.1, -0.05) is 6.92 Å². The van der Waals surface area contributed by atoms with E-state index in [4.69, 9.17) is 4.74 Å². The molecule has 4 nitrogen and oxygen atoms in total. The molecule has 1 N–H and O–H groups in total. The van der Waals surface area contributed by atoms with Crippen LogP contribution in [0.4, 0.5) is 0 Å². The minimum absolute atomic E-state index is 0.128. The average Bonchev–Trinajstić information content (AvgIpc) is 2.93. The summed E-state index contributed by atoms with van der Waals surface area (Å²) in [5, 5.41) is 12.2. The van der Waals surface area contributed by atoms with Gasteiger partial charge in [0.15, 0.2) is 5.75 Å². The number of nitrogens with one attached hydrogen (secondary N) is 1. The van der Waals surface area contributed by atoms with Crippen LogP contribution in [0.3, 0.4) is 0 Å². The van der Waals surface area contributed by atoms with Gasteiger partial charge in [-0.25, -0.2) is 0 Å². The number of nitrogens with zero attached hydrogens (tertiary/aromatic N) is 2. The zero-order chi connectivity index (χ0) is 13.1. The topological polar surface area (TPSA) is 39.1 Å². The molecular formula is C13H19N3OS. The molecule has 0 aliphatic carbocycles. The first-order valence-corrected chi connectivity index (χ1v) is 6.95. The van der Waals surface area contributed by atoms with Gasteiger partial charge in [-0.15, -0.1) is 0 Å². The maximum atomic E-state index is 5.41. The molecule has 0 saturated heterocycles. The average molecular weight is 265 g/mol. The van der Waals surface area contributed by atoms with Gasteiger partial charge in [-0.3, -0.25) is 4.68 Å². The number of thiophene rings is 1. The van der Waals surface area contributed by atoms with Crippen molar-refractivity contribution in [2.24, 2.45) is 7.05 Å². The zero-order valence-corrected chi connectivity index (χ0v) is 12.0. The molecule has 2 rings (SSSR count). The number of aryl methyl sites for hydroxylation is 2. The first-order valence-electron chi connectivity index (χ1n) is 6.01. The third kappa shape index (κ3) is 2.28. The van der Waals surface area contributed by atoms with E-state index in [0.717, 1.165) is 18.0 Å². The van der Waals surface area contributed by atoms with Gasteiger partial charge in [0.2, 0.25) is 0 Å². The van der Waals surface area contributed by atoms with Crippen molar-refractivity contribution in [1.82, 2.24) is 15.1 Å². The maximum Gasteiger partial charge on any atom is 0.161 e. The highest BCUT2D eigenvalue weighted by atomic mass is 32.1. The van der Waals surface area contributed by atoms with Gasteiger partial charge in [-0.2, -0.15) is 16.4 Å². The summed E-state index contributed by atoms with van der Waals surface area (Å²) in [7, 11) is 3.63. The molecule has 2 aromatic heterocycles. The Morgan fingerprint density at radius 3 is 2.83 bits per heavy atom. The van der Waals surface area contributed by atoms with Crippen LogP contribution in [0.2, 0.25) is 0 Å². The van der Waals surface area contributed by atoms with Crippen molar-refractivity contribution in [1.29, 1.82) is 0 Å². The smallest absolute Gasteiger partial charge is 0.161 e. The van der Waals surface area contributed by atoms with Crippen LogP contribution in [-0.2, 0) is 7.05 Å². The molecule has 0 aliphatic heterocycles. The fourth-order valence-electron chi connectivity index (χ4n) is 2.14. The van der Waals surface area contributed by atoms with E-state index in [1.165, 1.54) is 11.1 Å². The quantitative estimate of drug-likeness (QED) is 0.903. The minimum Gasteiger partial charge on any atom is -0.493 e. The Labute approximate surface area is 112 Å². The second-order valence-electron chi connectivity index (χ2n) is 4.22. The summed E-state index contributed by atoms with van der Waals surface area (Å²) >= 11 is 1.73. The second kappa shape index (κ2) is 5.54. The van der Waals surface area contributed by atoms with E-state index < -0.39 is 0 Å². The molecule has 0 spiro atoms. The van der Waals surface area contributed by atoms with E-state index in [0.29, 0.717) is 0 Å². The van der Waals surface area contributed by atoms with Crippen molar-refractivity contribution >= 4 is 11.3 Å². The highest BCUT2D eigenvalue weighted by Crippen LogP contribution is 2.32. The van der Waals surface area contributed by atoms with Crippen molar-refractivity contribution in [2.75, 3.05) is 13.7 Å². The van der Waals surface area contributed by atoms with E-state index >= 15 is 0 Å². The van der Waals surface area contributed by atoms with Crippen molar-refractivity contribution in [2.45, 2.75) is 19.9 Å². The molecule has 1 atom stereocenters. The summed E-state index contributed by atoms with van der Waals surface area (Å²) in [6, 6.07) is 0.128. The van der Waals surface area contributed by atoms with Crippen LogP contribution in [0.15, 0.2) is 17.0 Å². The zero-order valence-electron chi connectivity index (χ0n) is 11.2. The molecule has 0 saturated carbocycles. The van der Waals surface area contributed by atoms with E-state index in [-0.39, 0.29) is 6.04 Å². The lowest BCUT2D eigenvalue weighted by atomic mass is 10.0. The summed E-state index contributed by atoms with van der Waals surface area (Å²) in [6.07, 6.45) is 1.77. The molecule has 0 aromatic carbocycles. The minimum atomic E-state index is 0.128. The number of methoxy groups -OCH3 is 1. The third-order valence-corrected chi connectivity index (χ3v) is 3.94. The Kier molecular flexibility index (Phi) is 4.04. The number of rotatable bonds is 5. The molecule has 2 aromatic rings. The Bertz CT molecular complexity index is 518. The Morgan fingerprint density at radius 2 is 2.28 bits per heavy atom. The maximum absolute atomic E-state index is 5.41. The second-order valence-corrected chi connectivity index (χ2v) is 4.97. The summed E-state index contributed by atoms with van der Waals surface area (Å²) in [6.45, 7) is 5.14. The highest BCUT2D eigenvalue weighted by Gasteiger charge is 2.23. The largest absolute Gasteiger partial charge is 0.493 e. The molecule has 0 amide bonds. The fraction of sp³-hybridized carbons (Fsp3) is 0.462. The van der Waals surface area contributed by atoms with Crippen LogP contribution < -0.4 is 10.1 Å². The molecule has 0 radical (unpaired) electrons. The summed E-state index contributed by atoms with van der Waals surface area (Å²) in [4.78, 5) is 0. The van der Waals surface area contributed by atoms with Gasteiger partial charge in [-0.05, 0) is 35.4 Å². The molecule has 1 unspecified atom stereocenters. The van der Waals surface area contributed by atoms with Gasteiger partial charge in [0.25, 0.3) is 0 Å². The molecule has 0 bridgehead atoms. The number of aromatic nitrogens is 2. The molecule has 5 heteroatoms. The van der Waals surface area contributed by atoms with E-state index in [1.54, 1.807) is 24.6 Å². The Balaban J connectivity index is 2.47. The van der Waals surface area contributed by atoms with Gasteiger partial charge < -0.3 is 10.1 Å². The van der Waals surface area contributed by atoms with Crippen LogP contribution in [-0.4, -0.2) is 23.4 Å². The molecule has 0 aliphatic rings.